The predicted octanol–water partition coefficient (Wildman–Crippen LogP) is 4.73. The Balaban J connectivity index is 1.41. The summed E-state index contributed by atoms with van der Waals surface area (Å²) in [6, 6.07) is 23.0. The van der Waals surface area contributed by atoms with Crippen LogP contribution < -0.4 is 4.74 Å². The third-order valence-electron chi connectivity index (χ3n) is 4.09. The molecule has 0 aliphatic heterocycles. The van der Waals surface area contributed by atoms with Gasteiger partial charge in [0, 0.05) is 18.3 Å². The molecular formula is C21H18N2O. The largest absolute Gasteiger partial charge is 0.489 e. The van der Waals surface area contributed by atoms with E-state index in [9.17, 15) is 0 Å². The number of imidazole rings is 1. The van der Waals surface area contributed by atoms with Crippen LogP contribution in [-0.4, -0.2) is 9.97 Å². The first-order valence-corrected chi connectivity index (χ1v) is 8.03. The highest BCUT2D eigenvalue weighted by Crippen LogP contribution is 2.19. The van der Waals surface area contributed by atoms with E-state index in [1.165, 1.54) is 21.9 Å². The Labute approximate surface area is 140 Å². The van der Waals surface area contributed by atoms with E-state index in [-0.39, 0.29) is 0 Å². The predicted molar refractivity (Wildman–Crippen MR) is 96.1 cm³/mol. The first-order chi connectivity index (χ1) is 11.9. The normalized spacial score (nSPS) is 10.8. The lowest BCUT2D eigenvalue weighted by Crippen LogP contribution is -1.96. The number of H-pyrrole nitrogens is 1. The van der Waals surface area contributed by atoms with Gasteiger partial charge < -0.3 is 9.72 Å². The molecule has 3 aromatic carbocycles. The fraction of sp³-hybridized carbons (Fsp3) is 0.0952. The summed E-state index contributed by atoms with van der Waals surface area (Å²) in [5.41, 5.74) is 3.52. The molecule has 1 N–H and O–H groups in total. The Morgan fingerprint density at radius 2 is 1.62 bits per heavy atom. The molecule has 0 bridgehead atoms. The molecule has 0 spiro atoms. The van der Waals surface area contributed by atoms with Crippen LogP contribution in [0.5, 0.6) is 5.75 Å². The van der Waals surface area contributed by atoms with E-state index in [1.807, 2.05) is 18.3 Å². The van der Waals surface area contributed by atoms with E-state index in [0.29, 0.717) is 6.61 Å². The molecule has 0 aliphatic rings. The highest BCUT2D eigenvalue weighted by molar-refractivity contribution is 5.82. The monoisotopic (exact) mass is 314 g/mol. The van der Waals surface area contributed by atoms with Crippen LogP contribution >= 0.6 is 0 Å². The zero-order chi connectivity index (χ0) is 16.2. The van der Waals surface area contributed by atoms with E-state index in [4.69, 9.17) is 4.74 Å². The molecule has 1 aromatic heterocycles. The fourth-order valence-corrected chi connectivity index (χ4v) is 2.80. The highest BCUT2D eigenvalue weighted by Gasteiger charge is 2.01. The van der Waals surface area contributed by atoms with Gasteiger partial charge in [-0.05, 0) is 40.1 Å². The maximum atomic E-state index is 5.91. The number of rotatable bonds is 5. The third kappa shape index (κ3) is 3.30. The van der Waals surface area contributed by atoms with Crippen molar-refractivity contribution in [2.24, 2.45) is 0 Å². The quantitative estimate of drug-likeness (QED) is 0.578. The van der Waals surface area contributed by atoms with Crippen molar-refractivity contribution in [2.75, 3.05) is 0 Å². The number of nitrogens with one attached hydrogen (secondary N) is 1. The molecule has 0 aliphatic carbocycles. The smallest absolute Gasteiger partial charge is 0.119 e. The molecule has 0 fully saturated rings. The minimum absolute atomic E-state index is 0.574. The van der Waals surface area contributed by atoms with E-state index >= 15 is 0 Å². The van der Waals surface area contributed by atoms with Gasteiger partial charge >= 0.3 is 0 Å². The summed E-state index contributed by atoms with van der Waals surface area (Å²) >= 11 is 0. The van der Waals surface area contributed by atoms with Crippen molar-refractivity contribution in [1.82, 2.24) is 9.97 Å². The number of hydrogen-bond donors (Lipinski definition) is 1. The summed E-state index contributed by atoms with van der Waals surface area (Å²) < 4.78 is 5.91. The van der Waals surface area contributed by atoms with Gasteiger partial charge in [0.05, 0.1) is 6.33 Å². The van der Waals surface area contributed by atoms with Crippen LogP contribution in [-0.2, 0) is 13.0 Å². The van der Waals surface area contributed by atoms with Crippen LogP contribution in [0.3, 0.4) is 0 Å². The van der Waals surface area contributed by atoms with Crippen molar-refractivity contribution in [3.8, 4) is 5.75 Å². The van der Waals surface area contributed by atoms with Crippen molar-refractivity contribution in [2.45, 2.75) is 13.0 Å². The Kier molecular flexibility index (Phi) is 3.98. The second kappa shape index (κ2) is 6.59. The van der Waals surface area contributed by atoms with Crippen molar-refractivity contribution < 1.29 is 4.74 Å². The van der Waals surface area contributed by atoms with Gasteiger partial charge in [-0.3, -0.25) is 0 Å². The van der Waals surface area contributed by atoms with Gasteiger partial charge in [-0.25, -0.2) is 4.98 Å². The lowest BCUT2D eigenvalue weighted by atomic mass is 10.1. The minimum atomic E-state index is 0.574. The highest BCUT2D eigenvalue weighted by atomic mass is 16.5. The summed E-state index contributed by atoms with van der Waals surface area (Å²) in [7, 11) is 0. The number of ether oxygens (including phenoxy) is 1. The number of hydrogen-bond acceptors (Lipinski definition) is 2. The Morgan fingerprint density at radius 3 is 2.42 bits per heavy atom. The second-order valence-corrected chi connectivity index (χ2v) is 5.87. The first-order valence-electron chi connectivity index (χ1n) is 8.03. The summed E-state index contributed by atoms with van der Waals surface area (Å²) in [4.78, 5) is 7.16. The van der Waals surface area contributed by atoms with E-state index in [1.54, 1.807) is 6.33 Å². The average molecular weight is 314 g/mol. The number of benzene rings is 3. The average Bonchev–Trinajstić information content (AvgIpc) is 3.14. The third-order valence-corrected chi connectivity index (χ3v) is 4.09. The molecule has 4 aromatic rings. The summed E-state index contributed by atoms with van der Waals surface area (Å²) in [5, 5.41) is 2.50. The number of aromatic amines is 1. The Morgan fingerprint density at radius 1 is 0.833 bits per heavy atom. The van der Waals surface area contributed by atoms with Gasteiger partial charge in [-0.2, -0.15) is 0 Å². The number of nitrogens with zero attached hydrogens (tertiary/aromatic N) is 1. The maximum Gasteiger partial charge on any atom is 0.119 e. The van der Waals surface area contributed by atoms with Crippen LogP contribution in [0.15, 0.2) is 79.3 Å². The molecule has 118 valence electrons. The topological polar surface area (TPSA) is 37.9 Å². The second-order valence-electron chi connectivity index (χ2n) is 5.87. The minimum Gasteiger partial charge on any atom is -0.489 e. The van der Waals surface area contributed by atoms with Crippen molar-refractivity contribution in [1.29, 1.82) is 0 Å². The molecule has 0 saturated carbocycles. The van der Waals surface area contributed by atoms with Crippen LogP contribution in [0, 0.1) is 0 Å². The number of fused-ring (bicyclic) bond motifs is 1. The first kappa shape index (κ1) is 14.5. The molecule has 0 radical (unpaired) electrons. The lowest BCUT2D eigenvalue weighted by Gasteiger charge is -2.08. The number of aromatic nitrogens is 2. The molecule has 0 saturated heterocycles. The van der Waals surface area contributed by atoms with Crippen molar-refractivity contribution in [3.63, 3.8) is 0 Å². The van der Waals surface area contributed by atoms with E-state index < -0.39 is 0 Å². The van der Waals surface area contributed by atoms with Gasteiger partial charge in [0.2, 0.25) is 0 Å². The zero-order valence-corrected chi connectivity index (χ0v) is 13.3. The molecular weight excluding hydrogens is 296 g/mol. The molecule has 0 atom stereocenters. The summed E-state index contributed by atoms with van der Waals surface area (Å²) in [6.45, 7) is 0.574. The molecule has 4 rings (SSSR count). The van der Waals surface area contributed by atoms with E-state index in [0.717, 1.165) is 17.9 Å². The van der Waals surface area contributed by atoms with Crippen molar-refractivity contribution in [3.05, 3.63) is 96.1 Å². The molecule has 24 heavy (non-hydrogen) atoms. The fourth-order valence-electron chi connectivity index (χ4n) is 2.80. The van der Waals surface area contributed by atoms with Crippen molar-refractivity contribution >= 4 is 10.8 Å². The Hall–Kier alpha value is -3.07. The Bertz CT molecular complexity index is 928. The lowest BCUT2D eigenvalue weighted by molar-refractivity contribution is 0.306. The van der Waals surface area contributed by atoms with E-state index in [2.05, 4.69) is 64.6 Å². The maximum absolute atomic E-state index is 5.91. The molecule has 0 unspecified atom stereocenters. The van der Waals surface area contributed by atoms with Crippen LogP contribution in [0.1, 0.15) is 16.8 Å². The van der Waals surface area contributed by atoms with Gasteiger partial charge in [0.15, 0.2) is 0 Å². The molecule has 3 nitrogen and oxygen atoms in total. The summed E-state index contributed by atoms with van der Waals surface area (Å²) in [6.07, 6.45) is 4.41. The van der Waals surface area contributed by atoms with Gasteiger partial charge in [-0.15, -0.1) is 0 Å². The molecule has 0 amide bonds. The SMILES string of the molecule is c1ccc2cc(COc3ccc(Cc4cnc[nH]4)cc3)ccc2c1. The van der Waals surface area contributed by atoms with Crippen LogP contribution in [0.4, 0.5) is 0 Å². The molecule has 3 heteroatoms. The van der Waals surface area contributed by atoms with Gasteiger partial charge in [0.1, 0.15) is 12.4 Å². The summed E-state index contributed by atoms with van der Waals surface area (Å²) in [5.74, 6) is 0.886. The zero-order valence-electron chi connectivity index (χ0n) is 13.3. The standard InChI is InChI=1S/C21H18N2O/c1-2-4-19-11-17(5-8-18(19)3-1)14-24-21-9-6-16(7-10-21)12-20-13-22-15-23-20/h1-11,13,15H,12,14H2,(H,22,23). The van der Waals surface area contributed by atoms with Crippen LogP contribution in [0.25, 0.3) is 10.8 Å². The van der Waals surface area contributed by atoms with Gasteiger partial charge in [0.25, 0.3) is 0 Å². The van der Waals surface area contributed by atoms with Crippen LogP contribution in [0.2, 0.25) is 0 Å². The molecule has 1 heterocycles. The van der Waals surface area contributed by atoms with Gasteiger partial charge in [-0.1, -0.05) is 48.5 Å².